The van der Waals surface area contributed by atoms with Crippen LogP contribution >= 0.6 is 0 Å². The highest BCUT2D eigenvalue weighted by Gasteiger charge is 2.24. The Balaban J connectivity index is 2.02. The number of nitrogens with zero attached hydrogens (tertiary/aromatic N) is 1. The third kappa shape index (κ3) is 6.78. The summed E-state index contributed by atoms with van der Waals surface area (Å²) in [6.07, 6.45) is 3.02. The van der Waals surface area contributed by atoms with E-state index in [-0.39, 0.29) is 6.03 Å². The molecular formula is C14H29N3O2. The predicted molar refractivity (Wildman–Crippen MR) is 77.4 cm³/mol. The van der Waals surface area contributed by atoms with Gasteiger partial charge in [-0.25, -0.2) is 4.79 Å². The van der Waals surface area contributed by atoms with Crippen molar-refractivity contribution in [2.75, 3.05) is 32.8 Å². The van der Waals surface area contributed by atoms with Gasteiger partial charge in [0.25, 0.3) is 0 Å². The molecule has 2 N–H and O–H groups in total. The Labute approximate surface area is 117 Å². The summed E-state index contributed by atoms with van der Waals surface area (Å²) in [5.41, 5.74) is 0. The summed E-state index contributed by atoms with van der Waals surface area (Å²) in [5, 5.41) is 5.95. The Bertz CT molecular complexity index is 259. The SMILES string of the molecule is CCOCCCCNC(=O)NC1CCN(C(C)C)C1. The molecule has 0 aromatic heterocycles. The van der Waals surface area contributed by atoms with Crippen molar-refractivity contribution in [2.24, 2.45) is 0 Å². The van der Waals surface area contributed by atoms with E-state index in [1.165, 1.54) is 0 Å². The number of amides is 2. The number of hydrogen-bond donors (Lipinski definition) is 2. The van der Waals surface area contributed by atoms with Crippen molar-refractivity contribution < 1.29 is 9.53 Å². The molecule has 1 aliphatic heterocycles. The summed E-state index contributed by atoms with van der Waals surface area (Å²) in [6.45, 7) is 10.7. The number of urea groups is 1. The standard InChI is InChI=1S/C14H29N3O2/c1-4-19-10-6-5-8-15-14(18)16-13-7-9-17(11-13)12(2)3/h12-13H,4-11H2,1-3H3,(H2,15,16,18). The van der Waals surface area contributed by atoms with E-state index in [0.717, 1.165) is 52.1 Å². The molecule has 1 fully saturated rings. The molecule has 1 saturated heterocycles. The second-order valence-corrected chi connectivity index (χ2v) is 5.38. The van der Waals surface area contributed by atoms with Crippen LogP contribution in [0.1, 0.15) is 40.0 Å². The lowest BCUT2D eigenvalue weighted by Gasteiger charge is -2.20. The first kappa shape index (κ1) is 16.2. The van der Waals surface area contributed by atoms with Crippen LogP contribution in [0, 0.1) is 0 Å². The molecule has 0 aromatic rings. The maximum absolute atomic E-state index is 11.7. The van der Waals surface area contributed by atoms with Crippen LogP contribution in [-0.4, -0.2) is 55.9 Å². The molecule has 19 heavy (non-hydrogen) atoms. The molecule has 0 bridgehead atoms. The Kier molecular flexibility index (Phi) is 7.82. The minimum atomic E-state index is -0.0352. The van der Waals surface area contributed by atoms with E-state index in [1.54, 1.807) is 0 Å². The molecule has 0 aromatic carbocycles. The highest BCUT2D eigenvalue weighted by atomic mass is 16.5. The lowest BCUT2D eigenvalue weighted by atomic mass is 10.3. The molecule has 0 spiro atoms. The average molecular weight is 271 g/mol. The third-order valence-corrected chi connectivity index (χ3v) is 3.49. The number of likely N-dealkylation sites (tertiary alicyclic amines) is 1. The van der Waals surface area contributed by atoms with Crippen LogP contribution in [0.3, 0.4) is 0 Å². The van der Waals surface area contributed by atoms with Crippen LogP contribution in [-0.2, 0) is 4.74 Å². The van der Waals surface area contributed by atoms with Gasteiger partial charge in [-0.1, -0.05) is 0 Å². The van der Waals surface area contributed by atoms with E-state index in [9.17, 15) is 4.79 Å². The first-order valence-electron chi connectivity index (χ1n) is 7.49. The van der Waals surface area contributed by atoms with Crippen molar-refractivity contribution in [2.45, 2.75) is 52.1 Å². The van der Waals surface area contributed by atoms with E-state index >= 15 is 0 Å². The zero-order valence-electron chi connectivity index (χ0n) is 12.6. The van der Waals surface area contributed by atoms with Gasteiger partial charge < -0.3 is 15.4 Å². The fourth-order valence-corrected chi connectivity index (χ4v) is 2.29. The lowest BCUT2D eigenvalue weighted by Crippen LogP contribution is -2.44. The molecule has 5 nitrogen and oxygen atoms in total. The summed E-state index contributed by atoms with van der Waals surface area (Å²) in [7, 11) is 0. The number of rotatable bonds is 8. The minimum Gasteiger partial charge on any atom is -0.382 e. The van der Waals surface area contributed by atoms with Crippen LogP contribution < -0.4 is 10.6 Å². The molecule has 112 valence electrons. The molecule has 0 aliphatic carbocycles. The van der Waals surface area contributed by atoms with Crippen LogP contribution in [0.4, 0.5) is 4.79 Å². The first-order chi connectivity index (χ1) is 9.13. The number of ether oxygens (including phenoxy) is 1. The fourth-order valence-electron chi connectivity index (χ4n) is 2.29. The van der Waals surface area contributed by atoms with Gasteiger partial charge >= 0.3 is 6.03 Å². The van der Waals surface area contributed by atoms with Crippen molar-refractivity contribution in [1.29, 1.82) is 0 Å². The average Bonchev–Trinajstić information content (AvgIpc) is 2.82. The van der Waals surface area contributed by atoms with Crippen LogP contribution in [0.5, 0.6) is 0 Å². The maximum Gasteiger partial charge on any atom is 0.315 e. The molecule has 0 radical (unpaired) electrons. The molecule has 5 heteroatoms. The third-order valence-electron chi connectivity index (χ3n) is 3.49. The van der Waals surface area contributed by atoms with Crippen molar-refractivity contribution in [3.8, 4) is 0 Å². The van der Waals surface area contributed by atoms with E-state index in [4.69, 9.17) is 4.74 Å². The van der Waals surface area contributed by atoms with Gasteiger partial charge in [-0.05, 0) is 40.0 Å². The zero-order valence-corrected chi connectivity index (χ0v) is 12.6. The number of carbonyl (C=O) groups excluding carboxylic acids is 1. The quantitative estimate of drug-likeness (QED) is 0.659. The summed E-state index contributed by atoms with van der Waals surface area (Å²) in [5.74, 6) is 0. The lowest BCUT2D eigenvalue weighted by molar-refractivity contribution is 0.143. The van der Waals surface area contributed by atoms with E-state index in [0.29, 0.717) is 12.1 Å². The molecule has 2 amide bonds. The van der Waals surface area contributed by atoms with Gasteiger partial charge in [0.05, 0.1) is 0 Å². The summed E-state index contributed by atoms with van der Waals surface area (Å²) >= 11 is 0. The topological polar surface area (TPSA) is 53.6 Å². The Morgan fingerprint density at radius 2 is 2.21 bits per heavy atom. The van der Waals surface area contributed by atoms with Gasteiger partial charge in [-0.15, -0.1) is 0 Å². The first-order valence-corrected chi connectivity index (χ1v) is 7.49. The highest BCUT2D eigenvalue weighted by molar-refractivity contribution is 5.74. The molecular weight excluding hydrogens is 242 g/mol. The molecule has 1 rings (SSSR count). The number of nitrogens with one attached hydrogen (secondary N) is 2. The number of carbonyl (C=O) groups is 1. The molecule has 1 unspecified atom stereocenters. The Morgan fingerprint density at radius 3 is 2.84 bits per heavy atom. The predicted octanol–water partition coefficient (Wildman–Crippen LogP) is 1.59. The molecule has 1 heterocycles. The summed E-state index contributed by atoms with van der Waals surface area (Å²) < 4.78 is 5.25. The van der Waals surface area contributed by atoms with Gasteiger partial charge in [-0.3, -0.25) is 4.90 Å². The van der Waals surface area contributed by atoms with Gasteiger partial charge in [0.15, 0.2) is 0 Å². The van der Waals surface area contributed by atoms with Crippen molar-refractivity contribution in [3.05, 3.63) is 0 Å². The van der Waals surface area contributed by atoms with Crippen LogP contribution in [0.2, 0.25) is 0 Å². The van der Waals surface area contributed by atoms with Gasteiger partial charge in [0, 0.05) is 44.9 Å². The Morgan fingerprint density at radius 1 is 1.42 bits per heavy atom. The normalized spacial score (nSPS) is 19.9. The fraction of sp³-hybridized carbons (Fsp3) is 0.929. The van der Waals surface area contributed by atoms with Crippen molar-refractivity contribution in [3.63, 3.8) is 0 Å². The monoisotopic (exact) mass is 271 g/mol. The minimum absolute atomic E-state index is 0.0352. The van der Waals surface area contributed by atoms with Gasteiger partial charge in [0.2, 0.25) is 0 Å². The Hall–Kier alpha value is -0.810. The highest BCUT2D eigenvalue weighted by Crippen LogP contribution is 2.11. The zero-order chi connectivity index (χ0) is 14.1. The largest absolute Gasteiger partial charge is 0.382 e. The molecule has 1 atom stereocenters. The molecule has 0 saturated carbocycles. The van der Waals surface area contributed by atoms with Crippen molar-refractivity contribution >= 4 is 6.03 Å². The van der Waals surface area contributed by atoms with E-state index in [1.807, 2.05) is 6.92 Å². The smallest absolute Gasteiger partial charge is 0.315 e. The summed E-state index contributed by atoms with van der Waals surface area (Å²) in [4.78, 5) is 14.1. The van der Waals surface area contributed by atoms with Gasteiger partial charge in [0.1, 0.15) is 0 Å². The van der Waals surface area contributed by atoms with Gasteiger partial charge in [-0.2, -0.15) is 0 Å². The molecule has 1 aliphatic rings. The second kappa shape index (κ2) is 9.15. The summed E-state index contributed by atoms with van der Waals surface area (Å²) in [6, 6.07) is 0.825. The maximum atomic E-state index is 11.7. The van der Waals surface area contributed by atoms with E-state index in [2.05, 4.69) is 29.4 Å². The number of unbranched alkanes of at least 4 members (excludes halogenated alkanes) is 1. The van der Waals surface area contributed by atoms with Crippen LogP contribution in [0.15, 0.2) is 0 Å². The second-order valence-electron chi connectivity index (χ2n) is 5.38. The number of hydrogen-bond acceptors (Lipinski definition) is 3. The van der Waals surface area contributed by atoms with Crippen molar-refractivity contribution in [1.82, 2.24) is 15.5 Å². The van der Waals surface area contributed by atoms with E-state index < -0.39 is 0 Å². The van der Waals surface area contributed by atoms with Crippen LogP contribution in [0.25, 0.3) is 0 Å².